The molecule has 5 saturated heterocycles. The first-order chi connectivity index (χ1) is 38.0. The van der Waals surface area contributed by atoms with Gasteiger partial charge in [-0.15, -0.1) is 6.42 Å². The van der Waals surface area contributed by atoms with Gasteiger partial charge in [-0.1, -0.05) is 30.2 Å². The molecule has 5 atom stereocenters. The Hall–Kier alpha value is -7.86. The fraction of sp³-hybridized carbons (Fsp3) is 0.397. The number of aromatic nitrogens is 8. The number of anilines is 4. The van der Waals surface area contributed by atoms with Crippen LogP contribution in [0.4, 0.5) is 36.3 Å². The van der Waals surface area contributed by atoms with Gasteiger partial charge in [0.2, 0.25) is 0 Å². The van der Waals surface area contributed by atoms with Crippen LogP contribution in [0.25, 0.3) is 44.1 Å². The minimum absolute atomic E-state index is 0.00778. The molecule has 8 aromatic rings. The van der Waals surface area contributed by atoms with Crippen LogP contribution < -0.4 is 35.2 Å². The predicted molar refractivity (Wildman–Crippen MR) is 290 cm³/mol. The molecule has 3 aromatic carbocycles. The van der Waals surface area contributed by atoms with Gasteiger partial charge in [0, 0.05) is 99.5 Å². The zero-order chi connectivity index (χ0) is 52.9. The highest BCUT2D eigenvalue weighted by Crippen LogP contribution is 2.48. The highest BCUT2D eigenvalue weighted by molar-refractivity contribution is 6.03. The third-order valence-electron chi connectivity index (χ3n) is 17.4. The van der Waals surface area contributed by atoms with Crippen molar-refractivity contribution >= 4 is 56.0 Å². The quantitative estimate of drug-likeness (QED) is 0.112. The number of terminal acetylenes is 1. The van der Waals surface area contributed by atoms with Crippen LogP contribution in [0.15, 0.2) is 79.3 Å². The highest BCUT2D eigenvalue weighted by Gasteiger charge is 2.50. The molecule has 17 nitrogen and oxygen atoms in total. The summed E-state index contributed by atoms with van der Waals surface area (Å²) in [6, 6.07) is 18.2. The lowest BCUT2D eigenvalue weighted by Crippen LogP contribution is -2.51. The number of pyridine rings is 2. The fourth-order valence-corrected chi connectivity index (χ4v) is 13.5. The SMILES string of the molecule is C#Cc1c(F)ccc2cc(O)cc(-c3ncc4c(N5CC6CCC(C5)N6)nc(OCC56CCCN5CC(F)C6)nc4c3F)c12.NC1c2ccccc2OC12CCN(c1cnc3c(N4CCCc5ncccc54)n[nH]c3n1)CC2. The first kappa shape index (κ1) is 48.5. The lowest BCUT2D eigenvalue weighted by Gasteiger charge is -2.41. The second kappa shape index (κ2) is 19.0. The zero-order valence-electron chi connectivity index (χ0n) is 42.8. The number of alkyl halides is 1. The molecule has 78 heavy (non-hydrogen) atoms. The van der Waals surface area contributed by atoms with E-state index in [1.54, 1.807) is 0 Å². The lowest BCUT2D eigenvalue weighted by molar-refractivity contribution is 0.0431. The molecule has 0 amide bonds. The third-order valence-corrected chi connectivity index (χ3v) is 17.4. The van der Waals surface area contributed by atoms with Crippen molar-refractivity contribution < 1.29 is 27.8 Å². The molecular weight excluding hydrogens is 998 g/mol. The fourth-order valence-electron chi connectivity index (χ4n) is 13.5. The Kier molecular flexibility index (Phi) is 11.8. The van der Waals surface area contributed by atoms with E-state index in [2.05, 4.69) is 68.1 Å². The second-order valence-electron chi connectivity index (χ2n) is 21.9. The average molecular weight is 1060 g/mol. The first-order valence-electron chi connectivity index (χ1n) is 27.1. The number of hydrogen-bond acceptors (Lipinski definition) is 16. The molecule has 0 radical (unpaired) electrons. The Morgan fingerprint density at radius 2 is 1.72 bits per heavy atom. The van der Waals surface area contributed by atoms with E-state index in [1.807, 2.05) is 36.7 Å². The number of halogens is 3. The summed E-state index contributed by atoms with van der Waals surface area (Å²) in [6.45, 7) is 5.30. The van der Waals surface area contributed by atoms with E-state index in [0.29, 0.717) is 60.4 Å². The topological polar surface area (TPSA) is 196 Å². The maximum Gasteiger partial charge on any atom is 0.319 e. The highest BCUT2D eigenvalue weighted by atomic mass is 19.1. The number of aromatic hydroxyl groups is 1. The number of rotatable bonds is 7. The Bertz CT molecular complexity index is 3710. The van der Waals surface area contributed by atoms with Crippen molar-refractivity contribution in [2.45, 2.75) is 93.2 Å². The number of H-pyrrole nitrogens is 1. The van der Waals surface area contributed by atoms with Crippen LogP contribution in [-0.4, -0.2) is 132 Å². The van der Waals surface area contributed by atoms with E-state index >= 15 is 4.39 Å². The second-order valence-corrected chi connectivity index (χ2v) is 21.9. The van der Waals surface area contributed by atoms with Crippen LogP contribution in [0.2, 0.25) is 0 Å². The monoisotopic (exact) mass is 1050 g/mol. The molecule has 1 spiro atoms. The van der Waals surface area contributed by atoms with Gasteiger partial charge in [-0.05, 0) is 86.9 Å². The third kappa shape index (κ3) is 8.15. The molecule has 5 fully saturated rings. The summed E-state index contributed by atoms with van der Waals surface area (Å²) in [5, 5.41) is 22.9. The van der Waals surface area contributed by atoms with Gasteiger partial charge in [0.05, 0.1) is 40.1 Å². The van der Waals surface area contributed by atoms with Crippen molar-refractivity contribution in [1.29, 1.82) is 0 Å². The number of piperidine rings is 1. The van der Waals surface area contributed by atoms with Crippen molar-refractivity contribution in [3.8, 4) is 41.1 Å². The van der Waals surface area contributed by atoms with Crippen molar-refractivity contribution in [3.05, 3.63) is 108 Å². The van der Waals surface area contributed by atoms with Gasteiger partial charge in [-0.25, -0.2) is 23.1 Å². The number of fused-ring (bicyclic) bond motifs is 8. The van der Waals surface area contributed by atoms with Crippen LogP contribution in [0.3, 0.4) is 0 Å². The number of phenolic OH excluding ortho intramolecular Hbond substituents is 1. The molecule has 5 N–H and O–H groups in total. The molecule has 398 valence electrons. The summed E-state index contributed by atoms with van der Waals surface area (Å²) < 4.78 is 58.6. The zero-order valence-corrected chi connectivity index (χ0v) is 42.8. The number of nitrogens with two attached hydrogens (primary N) is 1. The Morgan fingerprint density at radius 1 is 0.872 bits per heavy atom. The van der Waals surface area contributed by atoms with Crippen LogP contribution in [-0.2, 0) is 6.42 Å². The van der Waals surface area contributed by atoms with E-state index in [9.17, 15) is 13.9 Å². The number of phenols is 1. The Morgan fingerprint density at radius 3 is 2.55 bits per heavy atom. The molecule has 2 bridgehead atoms. The van der Waals surface area contributed by atoms with Gasteiger partial charge in [0.15, 0.2) is 22.8 Å². The number of aryl methyl sites for hydroxylation is 1. The van der Waals surface area contributed by atoms with E-state index < -0.39 is 23.3 Å². The van der Waals surface area contributed by atoms with Crippen molar-refractivity contribution in [2.24, 2.45) is 5.73 Å². The van der Waals surface area contributed by atoms with E-state index in [1.165, 1.54) is 30.5 Å². The smallest absolute Gasteiger partial charge is 0.319 e. The maximum atomic E-state index is 16.7. The summed E-state index contributed by atoms with van der Waals surface area (Å²) in [5.41, 5.74) is 10.6. The Balaban J connectivity index is 0.000000146. The van der Waals surface area contributed by atoms with E-state index in [4.69, 9.17) is 36.6 Å². The minimum Gasteiger partial charge on any atom is -0.508 e. The van der Waals surface area contributed by atoms with Crippen molar-refractivity contribution in [3.63, 3.8) is 0 Å². The van der Waals surface area contributed by atoms with E-state index in [0.717, 1.165) is 117 Å². The summed E-state index contributed by atoms with van der Waals surface area (Å²) in [5.74, 6) is 3.93. The normalized spacial score (nSPS) is 24.0. The summed E-state index contributed by atoms with van der Waals surface area (Å²) in [4.78, 5) is 36.7. The molecule has 20 heteroatoms. The molecule has 0 saturated carbocycles. The van der Waals surface area contributed by atoms with Crippen LogP contribution in [0, 0.1) is 24.0 Å². The molecule has 12 heterocycles. The van der Waals surface area contributed by atoms with Crippen molar-refractivity contribution in [1.82, 2.24) is 50.3 Å². The number of benzene rings is 3. The lowest BCUT2D eigenvalue weighted by atomic mass is 9.83. The molecule has 5 aromatic heterocycles. The number of nitrogens with zero attached hydrogens (tertiary/aromatic N) is 11. The minimum atomic E-state index is -0.913. The van der Waals surface area contributed by atoms with Gasteiger partial charge in [0.25, 0.3) is 0 Å². The van der Waals surface area contributed by atoms with Gasteiger partial charge < -0.3 is 40.3 Å². The number of para-hydroxylation sites is 1. The largest absolute Gasteiger partial charge is 0.508 e. The summed E-state index contributed by atoms with van der Waals surface area (Å²) in [7, 11) is 0. The molecule has 0 aliphatic carbocycles. The average Bonchev–Trinajstić information content (AvgIpc) is 4.40. The number of aromatic amines is 1. The molecular formula is C58H57F3N14O3. The van der Waals surface area contributed by atoms with Gasteiger partial charge in [-0.3, -0.25) is 20.0 Å². The first-order valence-corrected chi connectivity index (χ1v) is 27.1. The van der Waals surface area contributed by atoms with Crippen LogP contribution in [0.1, 0.15) is 74.2 Å². The van der Waals surface area contributed by atoms with Gasteiger partial charge in [0.1, 0.15) is 58.5 Å². The maximum absolute atomic E-state index is 16.7. The van der Waals surface area contributed by atoms with E-state index in [-0.39, 0.29) is 57.7 Å². The molecule has 5 unspecified atom stereocenters. The number of piperazine rings is 1. The number of nitrogens with one attached hydrogen (secondary N) is 2. The predicted octanol–water partition coefficient (Wildman–Crippen LogP) is 7.97. The molecule has 7 aliphatic heterocycles. The van der Waals surface area contributed by atoms with Gasteiger partial charge >= 0.3 is 6.01 Å². The van der Waals surface area contributed by atoms with Gasteiger partial charge in [-0.2, -0.15) is 15.1 Å². The summed E-state index contributed by atoms with van der Waals surface area (Å²) >= 11 is 0. The molecule has 15 rings (SSSR count). The Labute approximate surface area is 447 Å². The van der Waals surface area contributed by atoms with Crippen molar-refractivity contribution in [2.75, 3.05) is 67.1 Å². The number of hydrogen-bond donors (Lipinski definition) is 4. The summed E-state index contributed by atoms with van der Waals surface area (Å²) in [6.07, 6.45) is 17.9. The van der Waals surface area contributed by atoms with Crippen LogP contribution in [0.5, 0.6) is 17.5 Å². The van der Waals surface area contributed by atoms with Crippen LogP contribution >= 0.6 is 0 Å². The standard InChI is InChI=1S/C33H31F3N6O2.C25H26N8O/c1-2-23-26(35)7-4-18-10-22(43)11-24(27(18)23)29-28(36)30-25(13-37-29)31(41-15-20-5-6-21(16-41)38-20)40-32(39-30)44-17-33-8-3-9-42(33)14-19(34)12-33;26-22-16-5-1-2-8-19(16)34-25(22)9-13-32(14-10-25)20-15-28-21-23(29-20)30-31-24(21)33-12-4-6-17-18(33)7-3-11-27-17/h1,4,7,10-11,13,19-21,38,43H,3,5-6,8-9,12,14-17H2;1-3,5,7-8,11,15,22H,4,6,9-10,12-14,26H2,(H,29,30,31). The molecule has 7 aliphatic rings. The number of ether oxygens (including phenoxy) is 2.